The van der Waals surface area contributed by atoms with Gasteiger partial charge < -0.3 is 10.1 Å². The van der Waals surface area contributed by atoms with Gasteiger partial charge in [0.2, 0.25) is 0 Å². The molecule has 0 aliphatic carbocycles. The Bertz CT molecular complexity index is 728. The molecule has 0 aromatic heterocycles. The van der Waals surface area contributed by atoms with Crippen molar-refractivity contribution < 1.29 is 22.3 Å². The molecule has 1 unspecified atom stereocenters. The molecule has 2 aromatic carbocycles. The summed E-state index contributed by atoms with van der Waals surface area (Å²) in [5.41, 5.74) is 0.893. The van der Waals surface area contributed by atoms with Crippen LogP contribution in [0.1, 0.15) is 22.7 Å². The molecule has 146 valence electrons. The van der Waals surface area contributed by atoms with E-state index in [1.165, 1.54) is 18.2 Å². The molecule has 1 atom stereocenters. The van der Waals surface area contributed by atoms with Gasteiger partial charge in [-0.2, -0.15) is 13.2 Å². The zero-order valence-corrected chi connectivity index (χ0v) is 14.8. The Morgan fingerprint density at radius 1 is 1.04 bits per heavy atom. The Morgan fingerprint density at radius 3 is 2.41 bits per heavy atom. The number of halogens is 4. The second kappa shape index (κ2) is 8.82. The number of alkyl halides is 3. The fraction of sp³-hybridized carbons (Fsp3) is 0.400. The topological polar surface area (TPSA) is 24.5 Å². The molecule has 1 N–H and O–H groups in total. The highest BCUT2D eigenvalue weighted by Gasteiger charge is 2.30. The molecule has 1 aliphatic heterocycles. The summed E-state index contributed by atoms with van der Waals surface area (Å²) >= 11 is 0. The molecule has 0 amide bonds. The van der Waals surface area contributed by atoms with Gasteiger partial charge in [0.15, 0.2) is 0 Å². The monoisotopic (exact) mass is 382 g/mol. The minimum absolute atomic E-state index is 0.000277. The van der Waals surface area contributed by atoms with Gasteiger partial charge in [-0.3, -0.25) is 4.90 Å². The van der Waals surface area contributed by atoms with Gasteiger partial charge >= 0.3 is 6.18 Å². The maximum absolute atomic E-state index is 13.3. The predicted molar refractivity (Wildman–Crippen MR) is 94.7 cm³/mol. The number of benzene rings is 2. The van der Waals surface area contributed by atoms with E-state index in [0.29, 0.717) is 31.9 Å². The molecule has 0 saturated carbocycles. The number of nitrogens with one attached hydrogen (secondary N) is 1. The van der Waals surface area contributed by atoms with Crippen molar-refractivity contribution in [2.45, 2.75) is 18.8 Å². The lowest BCUT2D eigenvalue weighted by atomic mass is 10.0. The maximum atomic E-state index is 13.3. The van der Waals surface area contributed by atoms with Crippen LogP contribution < -0.4 is 5.32 Å². The van der Waals surface area contributed by atoms with Crippen LogP contribution in [0.15, 0.2) is 48.5 Å². The van der Waals surface area contributed by atoms with Crippen LogP contribution in [-0.4, -0.2) is 37.7 Å². The van der Waals surface area contributed by atoms with Gasteiger partial charge in [-0.25, -0.2) is 4.39 Å². The average molecular weight is 382 g/mol. The third kappa shape index (κ3) is 5.51. The Morgan fingerprint density at radius 2 is 1.74 bits per heavy atom. The summed E-state index contributed by atoms with van der Waals surface area (Å²) < 4.78 is 57.2. The fourth-order valence-corrected chi connectivity index (χ4v) is 3.24. The van der Waals surface area contributed by atoms with Gasteiger partial charge in [-0.1, -0.05) is 30.3 Å². The first-order valence-corrected chi connectivity index (χ1v) is 8.87. The van der Waals surface area contributed by atoms with Crippen molar-refractivity contribution >= 4 is 0 Å². The Hall–Kier alpha value is -1.96. The minimum Gasteiger partial charge on any atom is -0.379 e. The Labute approximate surface area is 155 Å². The number of hydrogen-bond acceptors (Lipinski definition) is 3. The standard InChI is InChI=1S/C20H22F4N2O/c21-18-6-4-16(5-7-18)19(26-8-10-27-11-9-26)14-25-13-15-2-1-3-17(12-15)20(22,23)24/h1-7,12,19,25H,8-11,13-14H2. The first-order valence-electron chi connectivity index (χ1n) is 8.87. The van der Waals surface area contributed by atoms with Crippen molar-refractivity contribution in [3.05, 3.63) is 71.0 Å². The van der Waals surface area contributed by atoms with E-state index < -0.39 is 11.7 Å². The molecular weight excluding hydrogens is 360 g/mol. The summed E-state index contributed by atoms with van der Waals surface area (Å²) in [6.07, 6.45) is -4.35. The van der Waals surface area contributed by atoms with E-state index in [1.807, 2.05) is 0 Å². The van der Waals surface area contributed by atoms with E-state index in [2.05, 4.69) is 10.2 Å². The molecule has 0 radical (unpaired) electrons. The van der Waals surface area contributed by atoms with Crippen LogP contribution in [0, 0.1) is 5.82 Å². The zero-order valence-electron chi connectivity index (χ0n) is 14.8. The number of ether oxygens (including phenoxy) is 1. The predicted octanol–water partition coefficient (Wildman–Crippen LogP) is 4.01. The molecule has 27 heavy (non-hydrogen) atoms. The number of morpholine rings is 1. The normalized spacial score (nSPS) is 17.0. The van der Waals surface area contributed by atoms with E-state index in [0.717, 1.165) is 30.8 Å². The van der Waals surface area contributed by atoms with Crippen LogP contribution in [0.2, 0.25) is 0 Å². The van der Waals surface area contributed by atoms with Gasteiger partial charge in [0.05, 0.1) is 18.8 Å². The first kappa shape index (κ1) is 19.8. The van der Waals surface area contributed by atoms with Gasteiger partial charge in [-0.05, 0) is 29.3 Å². The highest BCUT2D eigenvalue weighted by molar-refractivity contribution is 5.26. The maximum Gasteiger partial charge on any atom is 0.416 e. The molecule has 7 heteroatoms. The van der Waals surface area contributed by atoms with E-state index >= 15 is 0 Å². The van der Waals surface area contributed by atoms with Crippen LogP contribution in [0.25, 0.3) is 0 Å². The lowest BCUT2D eigenvalue weighted by Crippen LogP contribution is -2.42. The lowest BCUT2D eigenvalue weighted by molar-refractivity contribution is -0.137. The molecule has 3 nitrogen and oxygen atoms in total. The smallest absolute Gasteiger partial charge is 0.379 e. The molecule has 1 saturated heterocycles. The van der Waals surface area contributed by atoms with Crippen molar-refractivity contribution in [1.82, 2.24) is 10.2 Å². The Balaban J connectivity index is 1.67. The summed E-state index contributed by atoms with van der Waals surface area (Å²) in [6.45, 7) is 3.64. The largest absolute Gasteiger partial charge is 0.416 e. The molecule has 0 bridgehead atoms. The van der Waals surface area contributed by atoms with Crippen molar-refractivity contribution in [3.8, 4) is 0 Å². The van der Waals surface area contributed by atoms with E-state index in [4.69, 9.17) is 4.74 Å². The highest BCUT2D eigenvalue weighted by Crippen LogP contribution is 2.29. The zero-order chi connectivity index (χ0) is 19.3. The van der Waals surface area contributed by atoms with Crippen LogP contribution in [0.4, 0.5) is 17.6 Å². The van der Waals surface area contributed by atoms with Gasteiger partial charge in [-0.15, -0.1) is 0 Å². The summed E-state index contributed by atoms with van der Waals surface area (Å²) in [5, 5.41) is 3.25. The quantitative estimate of drug-likeness (QED) is 0.764. The molecule has 2 aromatic rings. The van der Waals surface area contributed by atoms with Crippen molar-refractivity contribution in [3.63, 3.8) is 0 Å². The van der Waals surface area contributed by atoms with Gasteiger partial charge in [0, 0.05) is 32.2 Å². The second-order valence-electron chi connectivity index (χ2n) is 6.54. The third-order valence-corrected chi connectivity index (χ3v) is 4.66. The molecule has 1 fully saturated rings. The summed E-state index contributed by atoms with van der Waals surface area (Å²) in [5.74, 6) is -0.295. The van der Waals surface area contributed by atoms with Crippen molar-refractivity contribution in [2.24, 2.45) is 0 Å². The van der Waals surface area contributed by atoms with Crippen molar-refractivity contribution in [1.29, 1.82) is 0 Å². The van der Waals surface area contributed by atoms with Gasteiger partial charge in [0.25, 0.3) is 0 Å². The van der Waals surface area contributed by atoms with E-state index in [-0.39, 0.29) is 11.9 Å². The minimum atomic E-state index is -4.35. The first-order chi connectivity index (χ1) is 12.9. The summed E-state index contributed by atoms with van der Waals surface area (Å²) in [6, 6.07) is 11.7. The molecular formula is C20H22F4N2O. The highest BCUT2D eigenvalue weighted by atomic mass is 19.4. The number of nitrogens with zero attached hydrogens (tertiary/aromatic N) is 1. The van der Waals surface area contributed by atoms with E-state index in [1.54, 1.807) is 18.2 Å². The third-order valence-electron chi connectivity index (χ3n) is 4.66. The fourth-order valence-electron chi connectivity index (χ4n) is 3.24. The van der Waals surface area contributed by atoms with Crippen molar-refractivity contribution in [2.75, 3.05) is 32.8 Å². The number of rotatable bonds is 6. The molecule has 3 rings (SSSR count). The molecule has 1 heterocycles. The Kier molecular flexibility index (Phi) is 6.46. The molecule has 1 aliphatic rings. The van der Waals surface area contributed by atoms with Crippen LogP contribution in [0.3, 0.4) is 0 Å². The average Bonchev–Trinajstić information content (AvgIpc) is 2.66. The summed E-state index contributed by atoms with van der Waals surface area (Å²) in [7, 11) is 0. The van der Waals surface area contributed by atoms with Crippen LogP contribution in [0.5, 0.6) is 0 Å². The number of hydrogen-bond donors (Lipinski definition) is 1. The van der Waals surface area contributed by atoms with Crippen LogP contribution >= 0.6 is 0 Å². The lowest BCUT2D eigenvalue weighted by Gasteiger charge is -2.35. The van der Waals surface area contributed by atoms with Crippen LogP contribution in [-0.2, 0) is 17.5 Å². The van der Waals surface area contributed by atoms with E-state index in [9.17, 15) is 17.6 Å². The SMILES string of the molecule is Fc1ccc(C(CNCc2cccc(C(F)(F)F)c2)N2CCOCC2)cc1. The second-order valence-corrected chi connectivity index (χ2v) is 6.54. The molecule has 0 spiro atoms. The summed E-state index contributed by atoms with van der Waals surface area (Å²) in [4.78, 5) is 2.25. The van der Waals surface area contributed by atoms with Gasteiger partial charge in [0.1, 0.15) is 5.82 Å².